The molecule has 0 amide bonds. The Morgan fingerprint density at radius 2 is 2.17 bits per heavy atom. The fourth-order valence-electron chi connectivity index (χ4n) is 2.42. The number of rotatable bonds is 5. The third-order valence-corrected chi connectivity index (χ3v) is 3.77. The van der Waals surface area contributed by atoms with Gasteiger partial charge in [0.1, 0.15) is 0 Å². The van der Waals surface area contributed by atoms with Gasteiger partial charge in [0.2, 0.25) is 0 Å². The molecule has 4 heteroatoms. The van der Waals surface area contributed by atoms with E-state index in [0.29, 0.717) is 17.5 Å². The maximum absolute atomic E-state index is 10.0. The molecule has 1 saturated heterocycles. The van der Waals surface area contributed by atoms with Gasteiger partial charge in [0, 0.05) is 18.1 Å². The van der Waals surface area contributed by atoms with E-state index in [1.54, 1.807) is 0 Å². The van der Waals surface area contributed by atoms with Crippen LogP contribution >= 0.6 is 11.6 Å². The molecule has 0 spiro atoms. The van der Waals surface area contributed by atoms with Crippen molar-refractivity contribution in [2.45, 2.75) is 12.5 Å². The van der Waals surface area contributed by atoms with Crippen molar-refractivity contribution in [2.75, 3.05) is 33.2 Å². The highest BCUT2D eigenvalue weighted by Gasteiger charge is 2.19. The topological polar surface area (TPSA) is 35.5 Å². The van der Waals surface area contributed by atoms with E-state index in [1.807, 2.05) is 24.3 Å². The first-order valence-corrected chi connectivity index (χ1v) is 6.85. The van der Waals surface area contributed by atoms with E-state index in [0.717, 1.165) is 18.7 Å². The number of nitrogens with one attached hydrogen (secondary N) is 1. The van der Waals surface area contributed by atoms with Crippen LogP contribution in [0, 0.1) is 5.92 Å². The summed E-state index contributed by atoms with van der Waals surface area (Å²) in [4.78, 5) is 2.35. The fraction of sp³-hybridized carbons (Fsp3) is 0.571. The average molecular weight is 269 g/mol. The van der Waals surface area contributed by atoms with Gasteiger partial charge in [-0.2, -0.15) is 0 Å². The normalized spacial score (nSPS) is 22.3. The summed E-state index contributed by atoms with van der Waals surface area (Å²) < 4.78 is 0. The molecule has 1 heterocycles. The summed E-state index contributed by atoms with van der Waals surface area (Å²) in [5, 5.41) is 14.1. The predicted molar refractivity (Wildman–Crippen MR) is 74.9 cm³/mol. The van der Waals surface area contributed by atoms with E-state index in [2.05, 4.69) is 17.3 Å². The second-order valence-corrected chi connectivity index (χ2v) is 5.58. The Labute approximate surface area is 114 Å². The molecule has 0 radical (unpaired) electrons. The molecule has 1 fully saturated rings. The number of likely N-dealkylation sites (tertiary alicyclic amines) is 1. The minimum Gasteiger partial charge on any atom is -0.387 e. The summed E-state index contributed by atoms with van der Waals surface area (Å²) in [6.45, 7) is 3.92. The second kappa shape index (κ2) is 6.53. The molecule has 1 aromatic carbocycles. The molecular formula is C14H21ClN2O. The zero-order chi connectivity index (χ0) is 13.0. The molecule has 2 unspecified atom stereocenters. The Balaban J connectivity index is 1.71. The fourth-order valence-corrected chi connectivity index (χ4v) is 2.55. The molecule has 0 aromatic heterocycles. The summed E-state index contributed by atoms with van der Waals surface area (Å²) in [7, 11) is 2.16. The van der Waals surface area contributed by atoms with Crippen LogP contribution in [0.5, 0.6) is 0 Å². The molecule has 18 heavy (non-hydrogen) atoms. The maximum atomic E-state index is 10.0. The second-order valence-electron chi connectivity index (χ2n) is 5.14. The zero-order valence-corrected chi connectivity index (χ0v) is 11.5. The molecular weight excluding hydrogens is 248 g/mol. The van der Waals surface area contributed by atoms with Gasteiger partial charge in [-0.3, -0.25) is 0 Å². The first-order chi connectivity index (χ1) is 8.65. The van der Waals surface area contributed by atoms with Gasteiger partial charge in [0.25, 0.3) is 0 Å². The Morgan fingerprint density at radius 1 is 1.44 bits per heavy atom. The van der Waals surface area contributed by atoms with Gasteiger partial charge in [-0.05, 0) is 50.2 Å². The summed E-state index contributed by atoms with van der Waals surface area (Å²) in [5.74, 6) is 0.715. The number of aliphatic hydroxyl groups excluding tert-OH is 1. The van der Waals surface area contributed by atoms with Crippen molar-refractivity contribution in [1.29, 1.82) is 0 Å². The van der Waals surface area contributed by atoms with Gasteiger partial charge in [0.15, 0.2) is 0 Å². The quantitative estimate of drug-likeness (QED) is 0.856. The highest BCUT2D eigenvalue weighted by molar-refractivity contribution is 6.30. The van der Waals surface area contributed by atoms with Crippen LogP contribution in [0.3, 0.4) is 0 Å². The van der Waals surface area contributed by atoms with E-state index >= 15 is 0 Å². The van der Waals surface area contributed by atoms with E-state index in [4.69, 9.17) is 11.6 Å². The van der Waals surface area contributed by atoms with Crippen LogP contribution in [0.1, 0.15) is 18.1 Å². The van der Waals surface area contributed by atoms with Crippen LogP contribution in [0.15, 0.2) is 24.3 Å². The first-order valence-electron chi connectivity index (χ1n) is 6.48. The lowest BCUT2D eigenvalue weighted by Gasteiger charge is -2.15. The lowest BCUT2D eigenvalue weighted by molar-refractivity contribution is 0.173. The van der Waals surface area contributed by atoms with Gasteiger partial charge in [-0.1, -0.05) is 23.7 Å². The minimum absolute atomic E-state index is 0.457. The predicted octanol–water partition coefficient (Wildman–Crippen LogP) is 1.91. The smallest absolute Gasteiger partial charge is 0.0914 e. The number of hydrogen-bond acceptors (Lipinski definition) is 3. The van der Waals surface area contributed by atoms with E-state index in [1.165, 1.54) is 13.0 Å². The first kappa shape index (κ1) is 13.8. The van der Waals surface area contributed by atoms with Crippen LogP contribution in [0.2, 0.25) is 5.02 Å². The number of benzene rings is 1. The number of hydrogen-bond donors (Lipinski definition) is 2. The molecule has 2 atom stereocenters. The Kier molecular flexibility index (Phi) is 5.01. The van der Waals surface area contributed by atoms with Crippen molar-refractivity contribution in [2.24, 2.45) is 5.92 Å². The third kappa shape index (κ3) is 3.95. The largest absolute Gasteiger partial charge is 0.387 e. The third-order valence-electron chi connectivity index (χ3n) is 3.51. The molecule has 1 aromatic rings. The monoisotopic (exact) mass is 268 g/mol. The molecule has 3 nitrogen and oxygen atoms in total. The highest BCUT2D eigenvalue weighted by atomic mass is 35.5. The van der Waals surface area contributed by atoms with Crippen molar-refractivity contribution in [3.8, 4) is 0 Å². The molecule has 1 aliphatic heterocycles. The van der Waals surface area contributed by atoms with Crippen LogP contribution in [0.4, 0.5) is 0 Å². The number of nitrogens with zero attached hydrogens (tertiary/aromatic N) is 1. The van der Waals surface area contributed by atoms with Gasteiger partial charge in [-0.15, -0.1) is 0 Å². The molecule has 0 saturated carbocycles. The Bertz CT molecular complexity index is 369. The van der Waals surface area contributed by atoms with Crippen molar-refractivity contribution in [1.82, 2.24) is 10.2 Å². The summed E-state index contributed by atoms with van der Waals surface area (Å²) in [6, 6.07) is 7.37. The van der Waals surface area contributed by atoms with Crippen LogP contribution in [-0.2, 0) is 0 Å². The molecule has 2 rings (SSSR count). The standard InChI is InChI=1S/C14H21ClN2O/c1-17-7-6-11(10-17)8-16-9-14(18)12-2-4-13(15)5-3-12/h2-5,11,14,16,18H,6-10H2,1H3. The van der Waals surface area contributed by atoms with Crippen LogP contribution < -0.4 is 5.32 Å². The number of aliphatic hydroxyl groups is 1. The van der Waals surface area contributed by atoms with E-state index < -0.39 is 6.10 Å². The lowest BCUT2D eigenvalue weighted by atomic mass is 10.1. The van der Waals surface area contributed by atoms with Crippen LogP contribution in [0.25, 0.3) is 0 Å². The van der Waals surface area contributed by atoms with E-state index in [-0.39, 0.29) is 0 Å². The Morgan fingerprint density at radius 3 is 2.78 bits per heavy atom. The number of halogens is 1. The van der Waals surface area contributed by atoms with Gasteiger partial charge in [0.05, 0.1) is 6.10 Å². The Hall–Kier alpha value is -0.610. The molecule has 0 bridgehead atoms. The lowest BCUT2D eigenvalue weighted by Crippen LogP contribution is -2.28. The van der Waals surface area contributed by atoms with Crippen molar-refractivity contribution in [3.05, 3.63) is 34.9 Å². The van der Waals surface area contributed by atoms with E-state index in [9.17, 15) is 5.11 Å². The average Bonchev–Trinajstić information content (AvgIpc) is 2.76. The van der Waals surface area contributed by atoms with Crippen LogP contribution in [-0.4, -0.2) is 43.2 Å². The molecule has 2 N–H and O–H groups in total. The SMILES string of the molecule is CN1CCC(CNCC(O)c2ccc(Cl)cc2)C1. The van der Waals surface area contributed by atoms with Gasteiger partial charge < -0.3 is 15.3 Å². The maximum Gasteiger partial charge on any atom is 0.0914 e. The van der Waals surface area contributed by atoms with Gasteiger partial charge in [-0.25, -0.2) is 0 Å². The molecule has 1 aliphatic rings. The van der Waals surface area contributed by atoms with Crippen molar-refractivity contribution < 1.29 is 5.11 Å². The highest BCUT2D eigenvalue weighted by Crippen LogP contribution is 2.16. The molecule has 0 aliphatic carbocycles. The summed E-state index contributed by atoms with van der Waals surface area (Å²) in [6.07, 6.45) is 0.793. The zero-order valence-electron chi connectivity index (χ0n) is 10.8. The summed E-state index contributed by atoms with van der Waals surface area (Å²) >= 11 is 5.82. The molecule has 100 valence electrons. The summed E-state index contributed by atoms with van der Waals surface area (Å²) in [5.41, 5.74) is 0.912. The van der Waals surface area contributed by atoms with Crippen molar-refractivity contribution >= 4 is 11.6 Å². The van der Waals surface area contributed by atoms with Crippen molar-refractivity contribution in [3.63, 3.8) is 0 Å². The van der Waals surface area contributed by atoms with Gasteiger partial charge >= 0.3 is 0 Å². The minimum atomic E-state index is -0.457.